The van der Waals surface area contributed by atoms with E-state index in [-0.39, 0.29) is 25.0 Å². The summed E-state index contributed by atoms with van der Waals surface area (Å²) in [4.78, 5) is 23.5. The molecule has 0 spiro atoms. The van der Waals surface area contributed by atoms with Crippen LogP contribution in [0.1, 0.15) is 35.7 Å². The minimum Gasteiger partial charge on any atom is -0.454 e. The summed E-state index contributed by atoms with van der Waals surface area (Å²) in [6.07, 6.45) is 1.27. The molecule has 0 amide bonds. The molecule has 0 saturated carbocycles. The third-order valence-electron chi connectivity index (χ3n) is 3.78. The first kappa shape index (κ1) is 16.1. The molecule has 2 aromatic rings. The van der Waals surface area contributed by atoms with Crippen LogP contribution in [0.3, 0.4) is 0 Å². The molecule has 5 heteroatoms. The van der Waals surface area contributed by atoms with Gasteiger partial charge in [-0.2, -0.15) is 0 Å². The average Bonchev–Trinajstić information content (AvgIpc) is 3.07. The molecule has 24 heavy (non-hydrogen) atoms. The van der Waals surface area contributed by atoms with E-state index in [0.29, 0.717) is 29.9 Å². The highest BCUT2D eigenvalue weighted by molar-refractivity contribution is 5.95. The second-order valence-electron chi connectivity index (χ2n) is 5.46. The van der Waals surface area contributed by atoms with E-state index >= 15 is 0 Å². The fourth-order valence-corrected chi connectivity index (χ4v) is 2.44. The van der Waals surface area contributed by atoms with Crippen molar-refractivity contribution in [2.75, 3.05) is 6.79 Å². The Bertz CT molecular complexity index is 749. The Balaban J connectivity index is 1.53. The maximum absolute atomic E-state index is 11.9. The number of rotatable bonds is 6. The summed E-state index contributed by atoms with van der Waals surface area (Å²) in [6, 6.07) is 12.3. The van der Waals surface area contributed by atoms with Crippen molar-refractivity contribution in [1.29, 1.82) is 0 Å². The predicted octanol–water partition coefficient (Wildman–Crippen LogP) is 3.55. The summed E-state index contributed by atoms with van der Waals surface area (Å²) in [5, 5.41) is 0. The zero-order valence-electron chi connectivity index (χ0n) is 13.4. The third-order valence-corrected chi connectivity index (χ3v) is 3.78. The zero-order chi connectivity index (χ0) is 16.9. The van der Waals surface area contributed by atoms with Gasteiger partial charge in [-0.3, -0.25) is 9.59 Å². The van der Waals surface area contributed by atoms with Crippen LogP contribution in [0.25, 0.3) is 0 Å². The Hall–Kier alpha value is -2.82. The Labute approximate surface area is 140 Å². The number of aryl methyl sites for hydroxylation is 1. The Kier molecular flexibility index (Phi) is 4.79. The lowest BCUT2D eigenvalue weighted by Gasteiger charge is -2.06. The molecule has 0 unspecified atom stereocenters. The number of benzene rings is 2. The minimum absolute atomic E-state index is 0.0654. The van der Waals surface area contributed by atoms with E-state index in [1.165, 1.54) is 0 Å². The molecule has 2 aromatic carbocycles. The molecular formula is C19H18O5. The molecule has 1 aliphatic heterocycles. The fourth-order valence-electron chi connectivity index (χ4n) is 2.44. The van der Waals surface area contributed by atoms with Crippen LogP contribution in [-0.2, 0) is 11.2 Å². The van der Waals surface area contributed by atoms with Crippen LogP contribution in [0.4, 0.5) is 0 Å². The fraction of sp³-hybridized carbons (Fsp3) is 0.263. The summed E-state index contributed by atoms with van der Waals surface area (Å²) >= 11 is 0. The predicted molar refractivity (Wildman–Crippen MR) is 87.6 cm³/mol. The van der Waals surface area contributed by atoms with E-state index in [0.717, 1.165) is 11.3 Å². The highest BCUT2D eigenvalue weighted by Gasteiger charge is 2.14. The highest BCUT2D eigenvalue weighted by Crippen LogP contribution is 2.32. The molecular weight excluding hydrogens is 308 g/mol. The van der Waals surface area contributed by atoms with Gasteiger partial charge in [0.1, 0.15) is 5.75 Å². The van der Waals surface area contributed by atoms with E-state index in [2.05, 4.69) is 0 Å². The van der Waals surface area contributed by atoms with Crippen LogP contribution in [0.2, 0.25) is 0 Å². The lowest BCUT2D eigenvalue weighted by Crippen LogP contribution is -2.09. The van der Waals surface area contributed by atoms with Crippen molar-refractivity contribution in [3.63, 3.8) is 0 Å². The molecule has 5 nitrogen and oxygen atoms in total. The molecule has 1 aliphatic rings. The molecule has 0 aromatic heterocycles. The van der Waals surface area contributed by atoms with Crippen molar-refractivity contribution in [1.82, 2.24) is 0 Å². The van der Waals surface area contributed by atoms with E-state index in [4.69, 9.17) is 14.2 Å². The number of hydrogen-bond donors (Lipinski definition) is 0. The molecule has 0 bridgehead atoms. The van der Waals surface area contributed by atoms with Crippen molar-refractivity contribution in [3.8, 4) is 17.2 Å². The van der Waals surface area contributed by atoms with E-state index in [1.807, 2.05) is 25.1 Å². The largest absolute Gasteiger partial charge is 0.454 e. The van der Waals surface area contributed by atoms with Gasteiger partial charge in [0.2, 0.25) is 6.79 Å². The summed E-state index contributed by atoms with van der Waals surface area (Å²) in [5.74, 6) is 1.62. The molecule has 1 heterocycles. The van der Waals surface area contributed by atoms with Crippen molar-refractivity contribution < 1.29 is 23.8 Å². The molecule has 124 valence electrons. The molecule has 3 rings (SSSR count). The Morgan fingerprint density at radius 2 is 1.79 bits per heavy atom. The first-order chi connectivity index (χ1) is 11.7. The third kappa shape index (κ3) is 3.74. The van der Waals surface area contributed by atoms with Crippen molar-refractivity contribution in [2.24, 2.45) is 0 Å². The second-order valence-corrected chi connectivity index (χ2v) is 5.46. The van der Waals surface area contributed by atoms with Crippen LogP contribution in [0, 0.1) is 0 Å². The summed E-state index contributed by atoms with van der Waals surface area (Å²) in [6.45, 7) is 2.05. The first-order valence-electron chi connectivity index (χ1n) is 7.88. The summed E-state index contributed by atoms with van der Waals surface area (Å²) < 4.78 is 15.9. The van der Waals surface area contributed by atoms with Gasteiger partial charge in [-0.05, 0) is 48.4 Å². The van der Waals surface area contributed by atoms with Gasteiger partial charge >= 0.3 is 5.97 Å². The van der Waals surface area contributed by atoms with Gasteiger partial charge in [0, 0.05) is 18.4 Å². The maximum atomic E-state index is 11.9. The van der Waals surface area contributed by atoms with Crippen molar-refractivity contribution in [2.45, 2.75) is 26.2 Å². The van der Waals surface area contributed by atoms with Crippen LogP contribution >= 0.6 is 0 Å². The Morgan fingerprint density at radius 3 is 2.54 bits per heavy atom. The number of fused-ring (bicyclic) bond motifs is 1. The van der Waals surface area contributed by atoms with Gasteiger partial charge < -0.3 is 14.2 Å². The number of Topliss-reactive ketones (excluding diaryl/α,β-unsaturated/α-hetero) is 1. The van der Waals surface area contributed by atoms with Gasteiger partial charge in [0.15, 0.2) is 17.3 Å². The molecule has 0 atom stereocenters. The molecule has 0 aliphatic carbocycles. The zero-order valence-corrected chi connectivity index (χ0v) is 13.4. The Morgan fingerprint density at radius 1 is 1.04 bits per heavy atom. The van der Waals surface area contributed by atoms with Crippen LogP contribution in [0.5, 0.6) is 17.2 Å². The van der Waals surface area contributed by atoms with Crippen LogP contribution < -0.4 is 14.2 Å². The topological polar surface area (TPSA) is 61.8 Å². The van der Waals surface area contributed by atoms with E-state index < -0.39 is 0 Å². The monoisotopic (exact) mass is 326 g/mol. The number of esters is 1. The smallest absolute Gasteiger partial charge is 0.311 e. The van der Waals surface area contributed by atoms with E-state index in [1.54, 1.807) is 24.3 Å². The minimum atomic E-state index is -0.317. The number of carbonyl (C=O) groups excluding carboxylic acids is 2. The summed E-state index contributed by atoms with van der Waals surface area (Å²) in [7, 11) is 0. The molecule has 0 N–H and O–H groups in total. The van der Waals surface area contributed by atoms with Gasteiger partial charge in [-0.1, -0.05) is 13.0 Å². The normalized spacial score (nSPS) is 12.0. The van der Waals surface area contributed by atoms with Crippen LogP contribution in [-0.4, -0.2) is 18.5 Å². The average molecular weight is 326 g/mol. The number of ketones is 1. The van der Waals surface area contributed by atoms with Gasteiger partial charge in [-0.25, -0.2) is 0 Å². The standard InChI is InChI=1S/C19H18O5/c1-2-16(20)14-5-7-15(8-6-14)24-19(21)10-4-13-3-9-17-18(11-13)23-12-22-17/h3,5-9,11H,2,4,10,12H2,1H3. The molecule has 0 radical (unpaired) electrons. The number of carbonyl (C=O) groups is 2. The van der Waals surface area contributed by atoms with Crippen molar-refractivity contribution >= 4 is 11.8 Å². The number of hydrogen-bond acceptors (Lipinski definition) is 5. The summed E-state index contributed by atoms with van der Waals surface area (Å²) in [5.41, 5.74) is 1.61. The lowest BCUT2D eigenvalue weighted by atomic mass is 10.1. The van der Waals surface area contributed by atoms with Gasteiger partial charge in [0.05, 0.1) is 0 Å². The highest BCUT2D eigenvalue weighted by atomic mass is 16.7. The molecule has 0 saturated heterocycles. The van der Waals surface area contributed by atoms with Gasteiger partial charge in [0.25, 0.3) is 0 Å². The van der Waals surface area contributed by atoms with E-state index in [9.17, 15) is 9.59 Å². The quantitative estimate of drug-likeness (QED) is 0.461. The maximum Gasteiger partial charge on any atom is 0.311 e. The molecule has 0 fully saturated rings. The second kappa shape index (κ2) is 7.17. The van der Waals surface area contributed by atoms with Crippen molar-refractivity contribution in [3.05, 3.63) is 53.6 Å². The van der Waals surface area contributed by atoms with Gasteiger partial charge in [-0.15, -0.1) is 0 Å². The number of ether oxygens (including phenoxy) is 3. The first-order valence-corrected chi connectivity index (χ1v) is 7.88. The SMILES string of the molecule is CCC(=O)c1ccc(OC(=O)CCc2ccc3c(c2)OCO3)cc1. The van der Waals surface area contributed by atoms with Crippen LogP contribution in [0.15, 0.2) is 42.5 Å². The lowest BCUT2D eigenvalue weighted by molar-refractivity contribution is -0.134.